The van der Waals surface area contributed by atoms with Crippen LogP contribution in [0.1, 0.15) is 46.4 Å². The second-order valence-electron chi connectivity index (χ2n) is 7.34. The largest absolute Gasteiger partial charge is 0.339 e. The van der Waals surface area contributed by atoms with E-state index in [1.165, 1.54) is 23.4 Å². The molecular formula is C21H25N3O3. The molecule has 2 heterocycles. The van der Waals surface area contributed by atoms with Gasteiger partial charge >= 0.3 is 0 Å². The van der Waals surface area contributed by atoms with E-state index in [0.717, 1.165) is 25.7 Å². The Morgan fingerprint density at radius 3 is 2.52 bits per heavy atom. The molecule has 1 aliphatic heterocycles. The highest BCUT2D eigenvalue weighted by molar-refractivity contribution is 5.95. The van der Waals surface area contributed by atoms with Crippen LogP contribution in [0.2, 0.25) is 0 Å². The number of nitro groups is 1. The third-order valence-electron chi connectivity index (χ3n) is 5.38. The van der Waals surface area contributed by atoms with Crippen molar-refractivity contribution in [3.63, 3.8) is 0 Å². The Bertz CT molecular complexity index is 825. The molecule has 0 N–H and O–H groups in total. The van der Waals surface area contributed by atoms with Gasteiger partial charge < -0.3 is 4.90 Å². The lowest BCUT2D eigenvalue weighted by Gasteiger charge is -2.32. The molecule has 1 amide bonds. The van der Waals surface area contributed by atoms with Crippen molar-refractivity contribution in [2.75, 3.05) is 13.1 Å². The van der Waals surface area contributed by atoms with E-state index in [9.17, 15) is 14.9 Å². The van der Waals surface area contributed by atoms with Crippen LogP contribution in [0.5, 0.6) is 0 Å². The Labute approximate surface area is 159 Å². The molecule has 6 heteroatoms. The number of hydrogen-bond donors (Lipinski definition) is 0. The lowest BCUT2D eigenvalue weighted by molar-refractivity contribution is -0.385. The number of pyridine rings is 1. The minimum absolute atomic E-state index is 0.142. The molecule has 6 nitrogen and oxygen atoms in total. The average molecular weight is 367 g/mol. The minimum Gasteiger partial charge on any atom is -0.339 e. The predicted octanol–water partition coefficient (Wildman–Crippen LogP) is 4.09. The Balaban J connectivity index is 1.55. The van der Waals surface area contributed by atoms with E-state index in [-0.39, 0.29) is 11.6 Å². The van der Waals surface area contributed by atoms with Crippen LogP contribution in [0.15, 0.2) is 36.5 Å². The first kappa shape index (κ1) is 19.0. The van der Waals surface area contributed by atoms with Crippen LogP contribution in [-0.2, 0) is 6.42 Å². The molecule has 1 aromatic carbocycles. The number of aromatic nitrogens is 1. The molecule has 0 unspecified atom stereocenters. The van der Waals surface area contributed by atoms with Crippen LogP contribution < -0.4 is 0 Å². The summed E-state index contributed by atoms with van der Waals surface area (Å²) in [5.41, 5.74) is 3.36. The van der Waals surface area contributed by atoms with Crippen molar-refractivity contribution in [3.05, 3.63) is 69.0 Å². The number of carbonyl (C=O) groups is 1. The fraction of sp³-hybridized carbons (Fsp3) is 0.429. The number of carbonyl (C=O) groups excluding carboxylic acids is 1. The molecule has 0 aliphatic carbocycles. The van der Waals surface area contributed by atoms with Gasteiger partial charge in [-0.05, 0) is 51.0 Å². The normalized spacial score (nSPS) is 15.0. The standard InChI is InChI=1S/C21H25N3O3/c1-15-3-5-17(6-4-15)7-8-18-9-11-23(12-10-18)21(25)20-13-19(24(26)27)14-22-16(20)2/h3-6,13-14,18H,7-12H2,1-2H3. The summed E-state index contributed by atoms with van der Waals surface area (Å²) in [7, 11) is 0. The van der Waals surface area contributed by atoms with E-state index in [1.54, 1.807) is 11.8 Å². The zero-order chi connectivity index (χ0) is 19.4. The maximum absolute atomic E-state index is 12.8. The summed E-state index contributed by atoms with van der Waals surface area (Å²) in [5, 5.41) is 11.0. The molecule has 1 fully saturated rings. The summed E-state index contributed by atoms with van der Waals surface area (Å²) in [6, 6.07) is 10.0. The van der Waals surface area contributed by atoms with E-state index in [2.05, 4.69) is 36.2 Å². The second kappa shape index (κ2) is 8.29. The van der Waals surface area contributed by atoms with Crippen LogP contribution in [0.3, 0.4) is 0 Å². The third kappa shape index (κ3) is 4.70. The molecule has 1 saturated heterocycles. The SMILES string of the molecule is Cc1ccc(CCC2CCN(C(=O)c3cc([N+](=O)[O-])cnc3C)CC2)cc1. The van der Waals surface area contributed by atoms with Crippen LogP contribution in [0.4, 0.5) is 5.69 Å². The van der Waals surface area contributed by atoms with Gasteiger partial charge in [0.2, 0.25) is 0 Å². The first-order valence-electron chi connectivity index (χ1n) is 9.40. The van der Waals surface area contributed by atoms with E-state index < -0.39 is 4.92 Å². The van der Waals surface area contributed by atoms with Gasteiger partial charge in [-0.15, -0.1) is 0 Å². The van der Waals surface area contributed by atoms with Crippen molar-refractivity contribution in [3.8, 4) is 0 Å². The molecule has 142 valence electrons. The summed E-state index contributed by atoms with van der Waals surface area (Å²) in [6.07, 6.45) is 5.33. The van der Waals surface area contributed by atoms with Gasteiger partial charge in [0.05, 0.1) is 16.2 Å². The van der Waals surface area contributed by atoms with Crippen LogP contribution in [0, 0.1) is 29.9 Å². The number of rotatable bonds is 5. The van der Waals surface area contributed by atoms with Crippen molar-refractivity contribution in [1.29, 1.82) is 0 Å². The van der Waals surface area contributed by atoms with Crippen molar-refractivity contribution in [2.45, 2.75) is 39.5 Å². The van der Waals surface area contributed by atoms with Gasteiger partial charge in [0.15, 0.2) is 0 Å². The van der Waals surface area contributed by atoms with Gasteiger partial charge in [-0.25, -0.2) is 0 Å². The minimum atomic E-state index is -0.513. The number of benzene rings is 1. The zero-order valence-electron chi connectivity index (χ0n) is 15.9. The Hall–Kier alpha value is -2.76. The van der Waals surface area contributed by atoms with Crippen molar-refractivity contribution < 1.29 is 9.72 Å². The number of hydrogen-bond acceptors (Lipinski definition) is 4. The van der Waals surface area contributed by atoms with Gasteiger partial charge in [0, 0.05) is 19.2 Å². The maximum atomic E-state index is 12.8. The highest BCUT2D eigenvalue weighted by atomic mass is 16.6. The molecular weight excluding hydrogens is 342 g/mol. The predicted molar refractivity (Wildman–Crippen MR) is 104 cm³/mol. The van der Waals surface area contributed by atoms with Crippen LogP contribution in [-0.4, -0.2) is 33.8 Å². The summed E-state index contributed by atoms with van der Waals surface area (Å²) >= 11 is 0. The lowest BCUT2D eigenvalue weighted by atomic mass is 9.90. The Morgan fingerprint density at radius 2 is 1.89 bits per heavy atom. The number of nitrogens with zero attached hydrogens (tertiary/aromatic N) is 3. The van der Waals surface area contributed by atoms with Crippen molar-refractivity contribution >= 4 is 11.6 Å². The lowest BCUT2D eigenvalue weighted by Crippen LogP contribution is -2.39. The summed E-state index contributed by atoms with van der Waals surface area (Å²) in [6.45, 7) is 5.19. The molecule has 3 rings (SSSR count). The van der Waals surface area contributed by atoms with E-state index in [1.807, 2.05) is 0 Å². The molecule has 1 aliphatic rings. The summed E-state index contributed by atoms with van der Waals surface area (Å²) in [4.78, 5) is 29.0. The smallest absolute Gasteiger partial charge is 0.288 e. The van der Waals surface area contributed by atoms with Gasteiger partial charge in [0.1, 0.15) is 6.20 Å². The van der Waals surface area contributed by atoms with Crippen molar-refractivity contribution in [2.24, 2.45) is 5.92 Å². The fourth-order valence-electron chi connectivity index (χ4n) is 3.56. The molecule has 0 atom stereocenters. The monoisotopic (exact) mass is 367 g/mol. The summed E-state index contributed by atoms with van der Waals surface area (Å²) < 4.78 is 0. The van der Waals surface area contributed by atoms with E-state index >= 15 is 0 Å². The maximum Gasteiger partial charge on any atom is 0.288 e. The number of piperidine rings is 1. The number of aryl methyl sites for hydroxylation is 3. The second-order valence-corrected chi connectivity index (χ2v) is 7.34. The molecule has 0 spiro atoms. The third-order valence-corrected chi connectivity index (χ3v) is 5.38. The molecule has 27 heavy (non-hydrogen) atoms. The van der Waals surface area contributed by atoms with Gasteiger partial charge in [0.25, 0.3) is 11.6 Å². The number of amides is 1. The highest BCUT2D eigenvalue weighted by Crippen LogP contribution is 2.25. The van der Waals surface area contributed by atoms with Gasteiger partial charge in [-0.3, -0.25) is 19.9 Å². The fourth-order valence-corrected chi connectivity index (χ4v) is 3.56. The molecule has 0 bridgehead atoms. The Morgan fingerprint density at radius 1 is 1.22 bits per heavy atom. The first-order chi connectivity index (χ1) is 12.9. The van der Waals surface area contributed by atoms with E-state index in [0.29, 0.717) is 30.3 Å². The topological polar surface area (TPSA) is 76.3 Å². The summed E-state index contributed by atoms with van der Waals surface area (Å²) in [5.74, 6) is 0.459. The first-order valence-corrected chi connectivity index (χ1v) is 9.40. The molecule has 0 saturated carbocycles. The quantitative estimate of drug-likeness (QED) is 0.589. The van der Waals surface area contributed by atoms with Crippen LogP contribution in [0.25, 0.3) is 0 Å². The zero-order valence-corrected chi connectivity index (χ0v) is 15.9. The van der Waals surface area contributed by atoms with Gasteiger partial charge in [-0.1, -0.05) is 29.8 Å². The molecule has 1 aromatic heterocycles. The number of likely N-dealkylation sites (tertiary alicyclic amines) is 1. The highest BCUT2D eigenvalue weighted by Gasteiger charge is 2.26. The van der Waals surface area contributed by atoms with Crippen LogP contribution >= 0.6 is 0 Å². The average Bonchev–Trinajstić information content (AvgIpc) is 2.67. The Kier molecular flexibility index (Phi) is 5.84. The van der Waals surface area contributed by atoms with E-state index in [4.69, 9.17) is 0 Å². The molecule has 2 aromatic rings. The van der Waals surface area contributed by atoms with Gasteiger partial charge in [-0.2, -0.15) is 0 Å². The van der Waals surface area contributed by atoms with Crippen molar-refractivity contribution in [1.82, 2.24) is 9.88 Å². The molecule has 0 radical (unpaired) electrons.